The molecule has 1 heterocycles. The molecule has 3 heteroatoms. The van der Waals surface area contributed by atoms with Gasteiger partial charge < -0.3 is 4.57 Å². The molecule has 18 heavy (non-hydrogen) atoms. The molecule has 1 fully saturated rings. The number of β-lactam (4-membered cyclic amide) rings is 1. The second-order valence-corrected chi connectivity index (χ2v) is 11.8. The molecule has 0 N–H and O–H groups in total. The number of carbonyl (C=O) groups is 1. The quantitative estimate of drug-likeness (QED) is 0.583. The predicted molar refractivity (Wildman–Crippen MR) is 77.8 cm³/mol. The maximum atomic E-state index is 12.1. The van der Waals surface area contributed by atoms with Crippen LogP contribution in [0.15, 0.2) is 30.3 Å². The van der Waals surface area contributed by atoms with Gasteiger partial charge in [0.2, 0.25) is 5.91 Å². The maximum absolute atomic E-state index is 12.1. The van der Waals surface area contributed by atoms with Gasteiger partial charge in [-0.15, -0.1) is 0 Å². The number of amides is 1. The van der Waals surface area contributed by atoms with Gasteiger partial charge in [0, 0.05) is 6.42 Å². The lowest BCUT2D eigenvalue weighted by atomic mass is 9.97. The SMILES string of the molecule is CC(C)(C)[Si](C)(C)N1C(=O)C[C@@H]1c1ccccc1. The van der Waals surface area contributed by atoms with Crippen molar-refractivity contribution < 1.29 is 4.79 Å². The van der Waals surface area contributed by atoms with Crippen LogP contribution in [-0.4, -0.2) is 18.7 Å². The van der Waals surface area contributed by atoms with Crippen LogP contribution in [0.5, 0.6) is 0 Å². The highest BCUT2D eigenvalue weighted by Gasteiger charge is 2.51. The summed E-state index contributed by atoms with van der Waals surface area (Å²) in [6.45, 7) is 11.4. The Morgan fingerprint density at radius 1 is 1.17 bits per heavy atom. The van der Waals surface area contributed by atoms with Crippen molar-refractivity contribution in [3.63, 3.8) is 0 Å². The molecule has 2 rings (SSSR count). The largest absolute Gasteiger partial charge is 0.362 e. The molecule has 0 aromatic heterocycles. The summed E-state index contributed by atoms with van der Waals surface area (Å²) in [6, 6.07) is 10.7. The lowest BCUT2D eigenvalue weighted by molar-refractivity contribution is -0.139. The lowest BCUT2D eigenvalue weighted by Gasteiger charge is -2.55. The molecule has 0 bridgehead atoms. The van der Waals surface area contributed by atoms with E-state index in [9.17, 15) is 4.79 Å². The second kappa shape index (κ2) is 4.23. The van der Waals surface area contributed by atoms with E-state index in [1.807, 2.05) is 6.07 Å². The summed E-state index contributed by atoms with van der Waals surface area (Å²) in [5, 5.41) is 0.204. The van der Waals surface area contributed by atoms with Gasteiger partial charge in [-0.25, -0.2) is 0 Å². The van der Waals surface area contributed by atoms with Gasteiger partial charge >= 0.3 is 0 Å². The molecule has 0 radical (unpaired) electrons. The molecule has 1 amide bonds. The zero-order valence-corrected chi connectivity index (χ0v) is 13.0. The topological polar surface area (TPSA) is 20.3 Å². The normalized spacial score (nSPS) is 20.8. The molecule has 1 aromatic rings. The van der Waals surface area contributed by atoms with Gasteiger partial charge in [-0.05, 0) is 10.6 Å². The molecule has 2 nitrogen and oxygen atoms in total. The molecule has 1 saturated heterocycles. The van der Waals surface area contributed by atoms with Crippen molar-refractivity contribution in [2.24, 2.45) is 0 Å². The van der Waals surface area contributed by atoms with Crippen LogP contribution in [0.25, 0.3) is 0 Å². The molecule has 0 unspecified atom stereocenters. The van der Waals surface area contributed by atoms with Gasteiger partial charge in [0.05, 0.1) is 6.04 Å². The van der Waals surface area contributed by atoms with Crippen molar-refractivity contribution in [1.29, 1.82) is 0 Å². The standard InChI is InChI=1S/C15H23NOSi/c1-15(2,3)18(4,5)16-13(11-14(16)17)12-9-7-6-8-10-12/h6-10,13H,11H2,1-5H3/t13-/m1/s1. The zero-order chi connectivity index (χ0) is 13.6. The lowest BCUT2D eigenvalue weighted by Crippen LogP contribution is -2.64. The van der Waals surface area contributed by atoms with E-state index in [4.69, 9.17) is 0 Å². The number of benzene rings is 1. The van der Waals surface area contributed by atoms with Crippen molar-refractivity contribution in [3.05, 3.63) is 35.9 Å². The highest BCUT2D eigenvalue weighted by Crippen LogP contribution is 2.47. The first-order valence-electron chi connectivity index (χ1n) is 6.62. The minimum atomic E-state index is -1.75. The summed E-state index contributed by atoms with van der Waals surface area (Å²) < 4.78 is 2.20. The first kappa shape index (κ1) is 13.3. The van der Waals surface area contributed by atoms with Crippen LogP contribution < -0.4 is 0 Å². The third-order valence-corrected chi connectivity index (χ3v) is 10.0. The molecular weight excluding hydrogens is 238 g/mol. The van der Waals surface area contributed by atoms with Crippen LogP contribution in [0.1, 0.15) is 38.8 Å². The minimum Gasteiger partial charge on any atom is -0.362 e. The molecule has 98 valence electrons. The van der Waals surface area contributed by atoms with Gasteiger partial charge in [-0.2, -0.15) is 0 Å². The van der Waals surface area contributed by atoms with E-state index in [1.54, 1.807) is 0 Å². The van der Waals surface area contributed by atoms with Crippen molar-refractivity contribution in [2.75, 3.05) is 0 Å². The van der Waals surface area contributed by atoms with Gasteiger partial charge in [0.15, 0.2) is 8.24 Å². The summed E-state index contributed by atoms with van der Waals surface area (Å²) in [7, 11) is -1.75. The smallest absolute Gasteiger partial charge is 0.217 e. The van der Waals surface area contributed by atoms with Crippen molar-refractivity contribution in [3.8, 4) is 0 Å². The Labute approximate surface area is 111 Å². The minimum absolute atomic E-state index is 0.204. The number of hydrogen-bond donors (Lipinski definition) is 0. The van der Waals surface area contributed by atoms with Crippen molar-refractivity contribution >= 4 is 14.1 Å². The van der Waals surface area contributed by atoms with Crippen molar-refractivity contribution in [1.82, 2.24) is 4.57 Å². The Bertz CT molecular complexity index is 447. The molecule has 1 aliphatic heterocycles. The summed E-state index contributed by atoms with van der Waals surface area (Å²) in [5.74, 6) is 0.329. The summed E-state index contributed by atoms with van der Waals surface area (Å²) in [5.41, 5.74) is 1.28. The number of hydrogen-bond acceptors (Lipinski definition) is 1. The van der Waals surface area contributed by atoms with Crippen LogP contribution in [0.3, 0.4) is 0 Å². The van der Waals surface area contributed by atoms with Crippen LogP contribution in [0, 0.1) is 0 Å². The molecule has 0 aliphatic carbocycles. The van der Waals surface area contributed by atoms with Crippen molar-refractivity contribution in [2.45, 2.75) is 51.4 Å². The van der Waals surface area contributed by atoms with Crippen LogP contribution in [0.4, 0.5) is 0 Å². The molecular formula is C15H23NOSi. The molecule has 1 aromatic carbocycles. The van der Waals surface area contributed by atoms with E-state index in [2.05, 4.69) is 62.7 Å². The fourth-order valence-corrected chi connectivity index (χ4v) is 4.88. The first-order chi connectivity index (χ1) is 8.25. The Hall–Kier alpha value is -1.09. The maximum Gasteiger partial charge on any atom is 0.217 e. The van der Waals surface area contributed by atoms with E-state index in [-0.39, 0.29) is 5.04 Å². The number of rotatable bonds is 2. The first-order valence-corrected chi connectivity index (χ1v) is 9.57. The Morgan fingerprint density at radius 3 is 2.17 bits per heavy atom. The highest BCUT2D eigenvalue weighted by atomic mass is 28.3. The Balaban J connectivity index is 2.30. The third-order valence-electron chi connectivity index (χ3n) is 4.57. The zero-order valence-electron chi connectivity index (χ0n) is 12.0. The average Bonchev–Trinajstić information content (AvgIpc) is 2.24. The summed E-state index contributed by atoms with van der Waals surface area (Å²) in [6.07, 6.45) is 0.677. The van der Waals surface area contributed by atoms with Gasteiger partial charge in [-0.1, -0.05) is 64.2 Å². The van der Waals surface area contributed by atoms with E-state index >= 15 is 0 Å². The second-order valence-electron chi connectivity index (χ2n) is 6.70. The van der Waals surface area contributed by atoms with Crippen LogP contribution in [0.2, 0.25) is 18.1 Å². The Morgan fingerprint density at radius 2 is 1.72 bits per heavy atom. The monoisotopic (exact) mass is 261 g/mol. The van der Waals surface area contributed by atoms with Crippen LogP contribution in [-0.2, 0) is 4.79 Å². The molecule has 1 atom stereocenters. The predicted octanol–water partition coefficient (Wildman–Crippen LogP) is 3.97. The molecule has 1 aliphatic rings. The summed E-state index contributed by atoms with van der Waals surface area (Å²) in [4.78, 5) is 12.1. The van der Waals surface area contributed by atoms with E-state index in [0.29, 0.717) is 18.4 Å². The fraction of sp³-hybridized carbons (Fsp3) is 0.533. The van der Waals surface area contributed by atoms with Gasteiger partial charge in [0.1, 0.15) is 0 Å². The molecule has 0 spiro atoms. The highest BCUT2D eigenvalue weighted by molar-refractivity contribution is 6.79. The van der Waals surface area contributed by atoms with Crippen LogP contribution >= 0.6 is 0 Å². The van der Waals surface area contributed by atoms with E-state index in [0.717, 1.165) is 0 Å². The summed E-state index contributed by atoms with van der Waals surface area (Å²) >= 11 is 0. The van der Waals surface area contributed by atoms with E-state index < -0.39 is 8.24 Å². The van der Waals surface area contributed by atoms with Gasteiger partial charge in [0.25, 0.3) is 0 Å². The molecule has 0 saturated carbocycles. The third kappa shape index (κ3) is 2.01. The van der Waals surface area contributed by atoms with E-state index in [1.165, 1.54) is 5.56 Å². The fourth-order valence-electron chi connectivity index (χ4n) is 2.42. The number of carbonyl (C=O) groups excluding carboxylic acids is 1. The average molecular weight is 261 g/mol. The number of nitrogens with zero attached hydrogens (tertiary/aromatic N) is 1. The Kier molecular flexibility index (Phi) is 3.14. The van der Waals surface area contributed by atoms with Gasteiger partial charge in [-0.3, -0.25) is 4.79 Å².